The van der Waals surface area contributed by atoms with E-state index in [1.807, 2.05) is 4.90 Å². The summed E-state index contributed by atoms with van der Waals surface area (Å²) in [6.45, 7) is 2.09. The Kier molecular flexibility index (Phi) is 4.59. The number of benzene rings is 1. The molecule has 124 valence electrons. The summed E-state index contributed by atoms with van der Waals surface area (Å²) in [5.41, 5.74) is 0.0559. The highest BCUT2D eigenvalue weighted by Gasteiger charge is 2.29. The Morgan fingerprint density at radius 1 is 1.17 bits per heavy atom. The maximum atomic E-state index is 13.7. The third-order valence-electron chi connectivity index (χ3n) is 4.47. The first-order valence-corrected chi connectivity index (χ1v) is 8.02. The average molecular weight is 322 g/mol. The van der Waals surface area contributed by atoms with E-state index in [0.29, 0.717) is 32.0 Å². The van der Waals surface area contributed by atoms with Crippen LogP contribution in [0.2, 0.25) is 0 Å². The second-order valence-electron chi connectivity index (χ2n) is 6.33. The zero-order valence-corrected chi connectivity index (χ0v) is 12.9. The van der Waals surface area contributed by atoms with Gasteiger partial charge in [0.15, 0.2) is 0 Å². The second-order valence-corrected chi connectivity index (χ2v) is 6.33. The Balaban J connectivity index is 1.61. The minimum atomic E-state index is -0.582. The molecule has 1 saturated carbocycles. The molecular formula is C17H20F2N2O2. The van der Waals surface area contributed by atoms with Crippen molar-refractivity contribution in [1.82, 2.24) is 9.80 Å². The second kappa shape index (κ2) is 6.64. The van der Waals surface area contributed by atoms with Crippen LogP contribution < -0.4 is 0 Å². The number of halogens is 2. The minimum Gasteiger partial charge on any atom is -0.341 e. The number of rotatable bonds is 4. The van der Waals surface area contributed by atoms with E-state index < -0.39 is 11.6 Å². The largest absolute Gasteiger partial charge is 0.341 e. The molecule has 23 heavy (non-hydrogen) atoms. The lowest BCUT2D eigenvalue weighted by atomic mass is 10.1. The molecule has 2 fully saturated rings. The molecule has 0 bridgehead atoms. The van der Waals surface area contributed by atoms with E-state index in [-0.39, 0.29) is 23.8 Å². The first-order chi connectivity index (χ1) is 11.0. The molecule has 1 saturated heterocycles. The fourth-order valence-electron chi connectivity index (χ4n) is 2.87. The predicted octanol–water partition coefficient (Wildman–Crippen LogP) is 1.98. The molecular weight excluding hydrogens is 302 g/mol. The van der Waals surface area contributed by atoms with E-state index in [1.165, 1.54) is 12.8 Å². The minimum absolute atomic E-state index is 0.0559. The van der Waals surface area contributed by atoms with Gasteiger partial charge >= 0.3 is 0 Å². The highest BCUT2D eigenvalue weighted by Crippen LogP contribution is 2.30. The molecule has 0 spiro atoms. The topological polar surface area (TPSA) is 40.6 Å². The van der Waals surface area contributed by atoms with Crippen molar-refractivity contribution in [1.29, 1.82) is 0 Å². The van der Waals surface area contributed by atoms with Crippen LogP contribution in [0.3, 0.4) is 0 Å². The maximum Gasteiger partial charge on any atom is 0.227 e. The molecule has 0 radical (unpaired) electrons. The zero-order chi connectivity index (χ0) is 16.4. The molecule has 0 atom stereocenters. The molecule has 0 unspecified atom stereocenters. The van der Waals surface area contributed by atoms with Gasteiger partial charge in [-0.15, -0.1) is 0 Å². The van der Waals surface area contributed by atoms with Crippen LogP contribution in [-0.4, -0.2) is 47.8 Å². The molecule has 0 N–H and O–H groups in total. The van der Waals surface area contributed by atoms with Crippen LogP contribution in [0.5, 0.6) is 0 Å². The van der Waals surface area contributed by atoms with Gasteiger partial charge in [-0.25, -0.2) is 8.78 Å². The van der Waals surface area contributed by atoms with Crippen LogP contribution in [0.1, 0.15) is 24.8 Å². The van der Waals surface area contributed by atoms with Crippen LogP contribution in [0, 0.1) is 17.6 Å². The summed E-state index contributed by atoms with van der Waals surface area (Å²) in [6, 6.07) is 3.11. The third kappa shape index (κ3) is 4.06. The summed E-state index contributed by atoms with van der Waals surface area (Å²) in [5, 5.41) is 0. The van der Waals surface area contributed by atoms with Gasteiger partial charge in [0.25, 0.3) is 0 Å². The van der Waals surface area contributed by atoms with Gasteiger partial charge in [0.05, 0.1) is 6.42 Å². The first kappa shape index (κ1) is 15.9. The van der Waals surface area contributed by atoms with Crippen molar-refractivity contribution in [2.75, 3.05) is 26.2 Å². The Morgan fingerprint density at radius 2 is 1.96 bits per heavy atom. The lowest BCUT2D eigenvalue weighted by Gasteiger charge is -2.22. The first-order valence-electron chi connectivity index (χ1n) is 8.02. The Morgan fingerprint density at radius 3 is 2.70 bits per heavy atom. The van der Waals surface area contributed by atoms with E-state index in [9.17, 15) is 18.4 Å². The third-order valence-corrected chi connectivity index (χ3v) is 4.47. The number of carbonyl (C=O) groups excluding carboxylic acids is 2. The van der Waals surface area contributed by atoms with Gasteiger partial charge < -0.3 is 9.80 Å². The lowest BCUT2D eigenvalue weighted by Crippen LogP contribution is -2.37. The van der Waals surface area contributed by atoms with E-state index in [2.05, 4.69) is 0 Å². The van der Waals surface area contributed by atoms with Crippen LogP contribution >= 0.6 is 0 Å². The molecule has 0 aromatic heterocycles. The monoisotopic (exact) mass is 322 g/mol. The fraction of sp³-hybridized carbons (Fsp3) is 0.529. The van der Waals surface area contributed by atoms with Crippen molar-refractivity contribution in [3.05, 3.63) is 35.4 Å². The van der Waals surface area contributed by atoms with Gasteiger partial charge in [0.2, 0.25) is 11.8 Å². The van der Waals surface area contributed by atoms with Gasteiger partial charge in [-0.2, -0.15) is 0 Å². The van der Waals surface area contributed by atoms with E-state index >= 15 is 0 Å². The van der Waals surface area contributed by atoms with E-state index in [0.717, 1.165) is 24.7 Å². The van der Waals surface area contributed by atoms with Gasteiger partial charge in [-0.3, -0.25) is 9.59 Å². The molecule has 1 aliphatic heterocycles. The summed E-state index contributed by atoms with van der Waals surface area (Å²) in [4.78, 5) is 27.8. The Hall–Kier alpha value is -1.98. The highest BCUT2D eigenvalue weighted by molar-refractivity contribution is 5.81. The zero-order valence-electron chi connectivity index (χ0n) is 12.9. The van der Waals surface area contributed by atoms with Crippen molar-refractivity contribution in [3.8, 4) is 0 Å². The number of carbonyl (C=O) groups is 2. The van der Waals surface area contributed by atoms with E-state index in [1.54, 1.807) is 4.90 Å². The van der Waals surface area contributed by atoms with Crippen molar-refractivity contribution in [3.63, 3.8) is 0 Å². The van der Waals surface area contributed by atoms with Crippen LogP contribution in [0.25, 0.3) is 0 Å². The molecule has 1 aliphatic carbocycles. The Labute approximate surface area is 134 Å². The standard InChI is InChI=1S/C17H20F2N2O2/c18-14-3-4-15(19)13(9-14)10-17(23)20-6-5-16(22)21(8-7-20)11-12-1-2-12/h3-4,9,12H,1-2,5-8,10-11H2. The smallest absolute Gasteiger partial charge is 0.227 e. The summed E-state index contributed by atoms with van der Waals surface area (Å²) in [6.07, 6.45) is 2.46. The fourth-order valence-corrected chi connectivity index (χ4v) is 2.87. The number of nitrogens with zero attached hydrogens (tertiary/aromatic N) is 2. The molecule has 4 nitrogen and oxygen atoms in total. The van der Waals surface area contributed by atoms with Gasteiger partial charge in [0, 0.05) is 38.2 Å². The summed E-state index contributed by atoms with van der Waals surface area (Å²) >= 11 is 0. The highest BCUT2D eigenvalue weighted by atomic mass is 19.1. The van der Waals surface area contributed by atoms with Gasteiger partial charge in [0.1, 0.15) is 11.6 Å². The molecule has 1 heterocycles. The summed E-state index contributed by atoms with van der Waals surface area (Å²) < 4.78 is 26.8. The number of hydrogen-bond donors (Lipinski definition) is 0. The summed E-state index contributed by atoms with van der Waals surface area (Å²) in [5.74, 6) is -0.723. The van der Waals surface area contributed by atoms with Crippen LogP contribution in [0.4, 0.5) is 8.78 Å². The van der Waals surface area contributed by atoms with Crippen LogP contribution in [0.15, 0.2) is 18.2 Å². The number of amides is 2. The van der Waals surface area contributed by atoms with Gasteiger partial charge in [-0.05, 0) is 37.0 Å². The molecule has 2 aliphatic rings. The lowest BCUT2D eigenvalue weighted by molar-refractivity contribution is -0.130. The summed E-state index contributed by atoms with van der Waals surface area (Å²) in [7, 11) is 0. The normalized spacial score (nSPS) is 19.0. The molecule has 1 aromatic carbocycles. The van der Waals surface area contributed by atoms with Crippen molar-refractivity contribution in [2.45, 2.75) is 25.7 Å². The maximum absolute atomic E-state index is 13.7. The SMILES string of the molecule is O=C(Cc1cc(F)ccc1F)N1CCC(=O)N(CC2CC2)CC1. The van der Waals surface area contributed by atoms with Gasteiger partial charge in [-0.1, -0.05) is 0 Å². The van der Waals surface area contributed by atoms with E-state index in [4.69, 9.17) is 0 Å². The molecule has 1 aromatic rings. The molecule has 2 amide bonds. The van der Waals surface area contributed by atoms with Crippen molar-refractivity contribution in [2.24, 2.45) is 5.92 Å². The quantitative estimate of drug-likeness (QED) is 0.850. The Bertz CT molecular complexity index is 617. The van der Waals surface area contributed by atoms with Crippen molar-refractivity contribution >= 4 is 11.8 Å². The average Bonchev–Trinajstić information content (AvgIpc) is 3.34. The predicted molar refractivity (Wildman–Crippen MR) is 80.6 cm³/mol. The molecule has 6 heteroatoms. The van der Waals surface area contributed by atoms with Crippen molar-refractivity contribution < 1.29 is 18.4 Å². The molecule has 3 rings (SSSR count). The van der Waals surface area contributed by atoms with Crippen LogP contribution in [-0.2, 0) is 16.0 Å². The number of hydrogen-bond acceptors (Lipinski definition) is 2.